The van der Waals surface area contributed by atoms with Crippen LogP contribution in [0.1, 0.15) is 12.5 Å². The minimum absolute atomic E-state index is 0. The number of piperazine rings is 1. The Kier molecular flexibility index (Phi) is 5.55. The Morgan fingerprint density at radius 3 is 2.70 bits per heavy atom. The van der Waals surface area contributed by atoms with Crippen molar-refractivity contribution in [2.75, 3.05) is 32.8 Å². The highest BCUT2D eigenvalue weighted by Gasteiger charge is 2.19. The molecule has 0 amide bonds. The molecule has 3 rings (SSSR count). The first-order chi connectivity index (χ1) is 9.22. The number of rotatable bonds is 2. The van der Waals surface area contributed by atoms with Crippen molar-refractivity contribution in [2.45, 2.75) is 19.5 Å². The highest BCUT2D eigenvalue weighted by Crippen LogP contribution is 2.36. The Hall–Kier alpha value is -0.490. The monoisotopic (exact) mass is 362 g/mol. The van der Waals surface area contributed by atoms with Crippen molar-refractivity contribution in [3.63, 3.8) is 0 Å². The van der Waals surface area contributed by atoms with Gasteiger partial charge in [0.25, 0.3) is 0 Å². The number of fused-ring (bicyclic) bond motifs is 1. The largest absolute Gasteiger partial charge is 0.486 e. The molecule has 20 heavy (non-hydrogen) atoms. The van der Waals surface area contributed by atoms with Gasteiger partial charge in [-0.25, -0.2) is 0 Å². The molecule has 2 heterocycles. The fourth-order valence-corrected chi connectivity index (χ4v) is 3.07. The highest BCUT2D eigenvalue weighted by molar-refractivity contribution is 9.10. The fraction of sp³-hybridized carbons (Fsp3) is 0.571. The second-order valence-electron chi connectivity index (χ2n) is 5.18. The Bertz CT molecular complexity index is 473. The normalized spacial score (nSPS) is 22.2. The summed E-state index contributed by atoms with van der Waals surface area (Å²) in [5.41, 5.74) is 1.26. The van der Waals surface area contributed by atoms with Crippen molar-refractivity contribution in [3.8, 4) is 11.5 Å². The molecule has 0 saturated carbocycles. The predicted octanol–water partition coefficient (Wildman–Crippen LogP) is 2.44. The lowest BCUT2D eigenvalue weighted by atomic mass is 10.1. The van der Waals surface area contributed by atoms with Gasteiger partial charge in [0, 0.05) is 36.7 Å². The molecule has 0 spiro atoms. The van der Waals surface area contributed by atoms with Crippen LogP contribution in [0.5, 0.6) is 11.5 Å². The van der Waals surface area contributed by atoms with E-state index in [-0.39, 0.29) is 12.4 Å². The molecule has 1 aromatic carbocycles. The van der Waals surface area contributed by atoms with Gasteiger partial charge in [-0.05, 0) is 24.6 Å². The van der Waals surface area contributed by atoms with E-state index in [2.05, 4.69) is 39.1 Å². The minimum atomic E-state index is 0. The predicted molar refractivity (Wildman–Crippen MR) is 85.1 cm³/mol. The van der Waals surface area contributed by atoms with Crippen LogP contribution in [0, 0.1) is 0 Å². The molecular weight excluding hydrogens is 344 g/mol. The molecule has 1 aromatic rings. The average molecular weight is 364 g/mol. The number of nitrogens with zero attached hydrogens (tertiary/aromatic N) is 1. The van der Waals surface area contributed by atoms with Crippen LogP contribution in [0.25, 0.3) is 0 Å². The van der Waals surface area contributed by atoms with Crippen LogP contribution >= 0.6 is 28.3 Å². The summed E-state index contributed by atoms with van der Waals surface area (Å²) in [6.45, 7) is 7.68. The molecule has 1 atom stereocenters. The quantitative estimate of drug-likeness (QED) is 0.875. The molecule has 2 aliphatic rings. The van der Waals surface area contributed by atoms with Crippen LogP contribution in [-0.2, 0) is 6.54 Å². The van der Waals surface area contributed by atoms with Gasteiger partial charge in [0.05, 0.1) is 0 Å². The third kappa shape index (κ3) is 3.58. The van der Waals surface area contributed by atoms with Crippen molar-refractivity contribution in [1.29, 1.82) is 0 Å². The summed E-state index contributed by atoms with van der Waals surface area (Å²) in [5.74, 6) is 1.71. The topological polar surface area (TPSA) is 33.7 Å². The Morgan fingerprint density at radius 2 is 2.00 bits per heavy atom. The van der Waals surface area contributed by atoms with E-state index in [0.29, 0.717) is 19.3 Å². The van der Waals surface area contributed by atoms with Crippen LogP contribution in [0.3, 0.4) is 0 Å². The number of hydrogen-bond acceptors (Lipinski definition) is 4. The first-order valence-corrected chi connectivity index (χ1v) is 7.55. The number of nitrogens with one attached hydrogen (secondary N) is 1. The van der Waals surface area contributed by atoms with Crippen LogP contribution in [0.15, 0.2) is 16.6 Å². The number of benzene rings is 1. The first-order valence-electron chi connectivity index (χ1n) is 6.76. The summed E-state index contributed by atoms with van der Waals surface area (Å²) in [5, 5.41) is 3.46. The molecular formula is C14H20BrClN2O2. The lowest BCUT2D eigenvalue weighted by molar-refractivity contribution is 0.170. The summed E-state index contributed by atoms with van der Waals surface area (Å²) in [4.78, 5) is 2.47. The second kappa shape index (κ2) is 6.98. The standard InChI is InChI=1S/C14H19BrN2O2.ClH/c1-10-8-17(3-2-16-10)9-11-6-13-14(7-12(11)15)19-5-4-18-13;/h6-7,10,16H,2-5,8-9H2,1H3;1H. The molecule has 1 fully saturated rings. The molecule has 0 aliphatic carbocycles. The van der Waals surface area contributed by atoms with Crippen molar-refractivity contribution in [2.24, 2.45) is 0 Å². The lowest BCUT2D eigenvalue weighted by Gasteiger charge is -2.32. The average Bonchev–Trinajstić information content (AvgIpc) is 2.40. The van der Waals surface area contributed by atoms with Gasteiger partial charge in [-0.1, -0.05) is 15.9 Å². The van der Waals surface area contributed by atoms with Crippen LogP contribution in [0.4, 0.5) is 0 Å². The maximum absolute atomic E-state index is 5.65. The van der Waals surface area contributed by atoms with E-state index in [4.69, 9.17) is 9.47 Å². The molecule has 1 saturated heterocycles. The molecule has 1 unspecified atom stereocenters. The maximum Gasteiger partial charge on any atom is 0.162 e. The Labute approximate surface area is 134 Å². The van der Waals surface area contributed by atoms with Gasteiger partial charge in [-0.3, -0.25) is 4.90 Å². The molecule has 0 radical (unpaired) electrons. The van der Waals surface area contributed by atoms with Crippen LogP contribution in [-0.4, -0.2) is 43.8 Å². The zero-order valence-electron chi connectivity index (χ0n) is 11.5. The van der Waals surface area contributed by atoms with Gasteiger partial charge < -0.3 is 14.8 Å². The summed E-state index contributed by atoms with van der Waals surface area (Å²) in [6, 6.07) is 4.69. The summed E-state index contributed by atoms with van der Waals surface area (Å²) in [7, 11) is 0. The maximum atomic E-state index is 5.65. The van der Waals surface area contributed by atoms with E-state index < -0.39 is 0 Å². The Morgan fingerprint density at radius 1 is 1.30 bits per heavy atom. The van der Waals surface area contributed by atoms with Gasteiger partial charge >= 0.3 is 0 Å². The second-order valence-corrected chi connectivity index (χ2v) is 6.03. The van der Waals surface area contributed by atoms with Gasteiger partial charge in [0.15, 0.2) is 11.5 Å². The smallest absolute Gasteiger partial charge is 0.162 e. The van der Waals surface area contributed by atoms with E-state index in [1.807, 2.05) is 6.07 Å². The summed E-state index contributed by atoms with van der Waals surface area (Å²) >= 11 is 3.64. The lowest BCUT2D eigenvalue weighted by Crippen LogP contribution is -2.48. The molecule has 6 heteroatoms. The van der Waals surface area contributed by atoms with Gasteiger partial charge in [0.1, 0.15) is 13.2 Å². The van der Waals surface area contributed by atoms with Crippen molar-refractivity contribution in [3.05, 3.63) is 22.2 Å². The molecule has 2 aliphatic heterocycles. The zero-order valence-corrected chi connectivity index (χ0v) is 13.9. The molecule has 1 N–H and O–H groups in total. The van der Waals surface area contributed by atoms with Gasteiger partial charge in [-0.2, -0.15) is 0 Å². The van der Waals surface area contributed by atoms with E-state index in [0.717, 1.165) is 42.2 Å². The number of hydrogen-bond donors (Lipinski definition) is 1. The van der Waals surface area contributed by atoms with E-state index in [1.165, 1.54) is 5.56 Å². The molecule has 0 aromatic heterocycles. The molecule has 112 valence electrons. The SMILES string of the molecule is CC1CN(Cc2cc3c(cc2Br)OCCO3)CCN1.Cl. The number of ether oxygens (including phenoxy) is 2. The Balaban J connectivity index is 0.00000147. The van der Waals surface area contributed by atoms with E-state index in [9.17, 15) is 0 Å². The van der Waals surface area contributed by atoms with Crippen molar-refractivity contribution >= 4 is 28.3 Å². The third-order valence-corrected chi connectivity index (χ3v) is 4.30. The van der Waals surface area contributed by atoms with Gasteiger partial charge in [-0.15, -0.1) is 12.4 Å². The third-order valence-electron chi connectivity index (χ3n) is 3.56. The minimum Gasteiger partial charge on any atom is -0.486 e. The zero-order chi connectivity index (χ0) is 13.2. The molecule has 4 nitrogen and oxygen atoms in total. The molecule has 0 bridgehead atoms. The highest BCUT2D eigenvalue weighted by atomic mass is 79.9. The van der Waals surface area contributed by atoms with E-state index in [1.54, 1.807) is 0 Å². The van der Waals surface area contributed by atoms with Crippen molar-refractivity contribution in [1.82, 2.24) is 10.2 Å². The summed E-state index contributed by atoms with van der Waals surface area (Å²) < 4.78 is 12.3. The van der Waals surface area contributed by atoms with E-state index >= 15 is 0 Å². The summed E-state index contributed by atoms with van der Waals surface area (Å²) in [6.07, 6.45) is 0. The van der Waals surface area contributed by atoms with Crippen LogP contribution < -0.4 is 14.8 Å². The van der Waals surface area contributed by atoms with Crippen molar-refractivity contribution < 1.29 is 9.47 Å². The fourth-order valence-electron chi connectivity index (χ4n) is 2.62. The van der Waals surface area contributed by atoms with Gasteiger partial charge in [0.2, 0.25) is 0 Å². The van der Waals surface area contributed by atoms with Crippen LogP contribution in [0.2, 0.25) is 0 Å². The first kappa shape index (κ1) is 15.9. The number of halogens is 2.